The van der Waals surface area contributed by atoms with Gasteiger partial charge in [0.2, 0.25) is 0 Å². The van der Waals surface area contributed by atoms with E-state index in [4.69, 9.17) is 0 Å². The first-order valence-corrected chi connectivity index (χ1v) is 8.16. The predicted molar refractivity (Wildman–Crippen MR) is 86.8 cm³/mol. The summed E-state index contributed by atoms with van der Waals surface area (Å²) in [6, 6.07) is 7.18. The minimum atomic E-state index is 0.383. The summed E-state index contributed by atoms with van der Waals surface area (Å²) < 4.78 is 1.21. The summed E-state index contributed by atoms with van der Waals surface area (Å²) in [6.07, 6.45) is 4.01. The third-order valence-electron chi connectivity index (χ3n) is 4.35. The number of rotatable bonds is 4. The summed E-state index contributed by atoms with van der Waals surface area (Å²) >= 11 is 3.72. The van der Waals surface area contributed by atoms with Gasteiger partial charge in [-0.2, -0.15) is 0 Å². The van der Waals surface area contributed by atoms with E-state index in [1.165, 1.54) is 48.1 Å². The standard InChI is InChI=1S/C16H25BrN2/c1-4-13-6-5-9-19(11-13)14-7-8-15(12(2)18-3)16(17)10-14/h7-8,10,12-13,18H,4-6,9,11H2,1-3H3. The highest BCUT2D eigenvalue weighted by molar-refractivity contribution is 9.10. The lowest BCUT2D eigenvalue weighted by molar-refractivity contribution is 0.404. The summed E-state index contributed by atoms with van der Waals surface area (Å²) in [5.41, 5.74) is 2.69. The number of piperidine rings is 1. The number of nitrogens with zero attached hydrogens (tertiary/aromatic N) is 1. The van der Waals surface area contributed by atoms with E-state index in [2.05, 4.69) is 58.2 Å². The fraction of sp³-hybridized carbons (Fsp3) is 0.625. The number of halogens is 1. The van der Waals surface area contributed by atoms with Gasteiger partial charge in [0.05, 0.1) is 0 Å². The molecule has 106 valence electrons. The number of hydrogen-bond donors (Lipinski definition) is 1. The van der Waals surface area contributed by atoms with Crippen LogP contribution in [0.3, 0.4) is 0 Å². The Kier molecular flexibility index (Phi) is 5.28. The molecule has 0 radical (unpaired) electrons. The average Bonchev–Trinajstić information content (AvgIpc) is 2.46. The second kappa shape index (κ2) is 6.76. The first kappa shape index (κ1) is 14.9. The predicted octanol–water partition coefficient (Wildman–Crippen LogP) is 4.36. The van der Waals surface area contributed by atoms with Crippen LogP contribution in [0.1, 0.15) is 44.7 Å². The maximum absolute atomic E-state index is 3.72. The van der Waals surface area contributed by atoms with Gasteiger partial charge in [-0.1, -0.05) is 35.3 Å². The van der Waals surface area contributed by atoms with Crippen LogP contribution in [-0.2, 0) is 0 Å². The summed E-state index contributed by atoms with van der Waals surface area (Å²) in [5.74, 6) is 0.864. The van der Waals surface area contributed by atoms with Gasteiger partial charge in [0.15, 0.2) is 0 Å². The zero-order valence-electron chi connectivity index (χ0n) is 12.2. The Morgan fingerprint density at radius 3 is 2.89 bits per heavy atom. The zero-order chi connectivity index (χ0) is 13.8. The zero-order valence-corrected chi connectivity index (χ0v) is 13.8. The van der Waals surface area contributed by atoms with E-state index in [0.717, 1.165) is 5.92 Å². The Balaban J connectivity index is 2.15. The average molecular weight is 325 g/mol. The van der Waals surface area contributed by atoms with Gasteiger partial charge in [0.1, 0.15) is 0 Å². The maximum atomic E-state index is 3.72. The van der Waals surface area contributed by atoms with Crippen LogP contribution >= 0.6 is 15.9 Å². The molecular formula is C16H25BrN2. The van der Waals surface area contributed by atoms with Crippen molar-refractivity contribution in [2.75, 3.05) is 25.0 Å². The molecule has 1 aliphatic heterocycles. The number of nitrogens with one attached hydrogen (secondary N) is 1. The van der Waals surface area contributed by atoms with Crippen LogP contribution in [0.25, 0.3) is 0 Å². The van der Waals surface area contributed by atoms with E-state index < -0.39 is 0 Å². The molecule has 2 nitrogen and oxygen atoms in total. The monoisotopic (exact) mass is 324 g/mol. The molecule has 1 aromatic rings. The van der Waals surface area contributed by atoms with Gasteiger partial charge in [0.25, 0.3) is 0 Å². The minimum Gasteiger partial charge on any atom is -0.371 e. The van der Waals surface area contributed by atoms with Gasteiger partial charge in [0, 0.05) is 29.3 Å². The van der Waals surface area contributed by atoms with Gasteiger partial charge in [-0.3, -0.25) is 0 Å². The number of hydrogen-bond acceptors (Lipinski definition) is 2. The Morgan fingerprint density at radius 1 is 1.47 bits per heavy atom. The Hall–Kier alpha value is -0.540. The lowest BCUT2D eigenvalue weighted by atomic mass is 9.95. The topological polar surface area (TPSA) is 15.3 Å². The van der Waals surface area contributed by atoms with Crippen LogP contribution in [0.2, 0.25) is 0 Å². The van der Waals surface area contributed by atoms with Crippen LogP contribution < -0.4 is 10.2 Å². The molecule has 0 amide bonds. The Morgan fingerprint density at radius 2 is 2.26 bits per heavy atom. The maximum Gasteiger partial charge on any atom is 0.0377 e. The lowest BCUT2D eigenvalue weighted by Crippen LogP contribution is -2.35. The van der Waals surface area contributed by atoms with E-state index >= 15 is 0 Å². The molecule has 0 saturated carbocycles. The van der Waals surface area contributed by atoms with Crippen molar-refractivity contribution in [3.63, 3.8) is 0 Å². The van der Waals surface area contributed by atoms with Crippen molar-refractivity contribution in [2.45, 2.75) is 39.2 Å². The van der Waals surface area contributed by atoms with Crippen LogP contribution in [0, 0.1) is 5.92 Å². The van der Waals surface area contributed by atoms with Crippen molar-refractivity contribution in [3.05, 3.63) is 28.2 Å². The molecule has 0 aromatic heterocycles. The molecule has 2 rings (SSSR count). The molecule has 1 N–H and O–H groups in total. The first-order valence-electron chi connectivity index (χ1n) is 7.37. The van der Waals surface area contributed by atoms with Crippen molar-refractivity contribution < 1.29 is 0 Å². The van der Waals surface area contributed by atoms with E-state index in [0.29, 0.717) is 6.04 Å². The molecule has 1 aromatic carbocycles. The van der Waals surface area contributed by atoms with E-state index in [9.17, 15) is 0 Å². The molecular weight excluding hydrogens is 300 g/mol. The Labute approximate surface area is 125 Å². The lowest BCUT2D eigenvalue weighted by Gasteiger charge is -2.34. The third-order valence-corrected chi connectivity index (χ3v) is 5.03. The van der Waals surface area contributed by atoms with Gasteiger partial charge < -0.3 is 10.2 Å². The van der Waals surface area contributed by atoms with Crippen molar-refractivity contribution in [1.29, 1.82) is 0 Å². The fourth-order valence-electron chi connectivity index (χ4n) is 2.85. The third kappa shape index (κ3) is 3.51. The summed E-state index contributed by atoms with van der Waals surface area (Å²) in [4.78, 5) is 2.54. The molecule has 3 heteroatoms. The van der Waals surface area contributed by atoms with Gasteiger partial charge in [-0.15, -0.1) is 0 Å². The quantitative estimate of drug-likeness (QED) is 0.885. The fourth-order valence-corrected chi connectivity index (χ4v) is 3.56. The van der Waals surface area contributed by atoms with Crippen LogP contribution in [0.15, 0.2) is 22.7 Å². The largest absolute Gasteiger partial charge is 0.371 e. The highest BCUT2D eigenvalue weighted by Crippen LogP contribution is 2.31. The van der Waals surface area contributed by atoms with Crippen LogP contribution in [-0.4, -0.2) is 20.1 Å². The molecule has 1 heterocycles. The molecule has 1 fully saturated rings. The number of benzene rings is 1. The molecule has 0 aliphatic carbocycles. The molecule has 2 atom stereocenters. The summed E-state index contributed by atoms with van der Waals surface area (Å²) in [7, 11) is 2.00. The van der Waals surface area contributed by atoms with E-state index in [1.54, 1.807) is 0 Å². The minimum absolute atomic E-state index is 0.383. The molecule has 19 heavy (non-hydrogen) atoms. The molecule has 0 spiro atoms. The molecule has 2 unspecified atom stereocenters. The molecule has 0 bridgehead atoms. The number of anilines is 1. The van der Waals surface area contributed by atoms with Crippen molar-refractivity contribution in [1.82, 2.24) is 5.32 Å². The normalized spacial score (nSPS) is 21.5. The van der Waals surface area contributed by atoms with E-state index in [-0.39, 0.29) is 0 Å². The molecule has 1 saturated heterocycles. The highest BCUT2D eigenvalue weighted by atomic mass is 79.9. The smallest absolute Gasteiger partial charge is 0.0377 e. The second-order valence-corrected chi connectivity index (χ2v) is 6.43. The van der Waals surface area contributed by atoms with Crippen molar-refractivity contribution in [2.24, 2.45) is 5.92 Å². The summed E-state index contributed by atoms with van der Waals surface area (Å²) in [6.45, 7) is 6.91. The van der Waals surface area contributed by atoms with Crippen molar-refractivity contribution >= 4 is 21.6 Å². The van der Waals surface area contributed by atoms with Gasteiger partial charge in [-0.05, 0) is 50.4 Å². The van der Waals surface area contributed by atoms with Crippen LogP contribution in [0.4, 0.5) is 5.69 Å². The SMILES string of the molecule is CCC1CCCN(c2ccc(C(C)NC)c(Br)c2)C1. The van der Waals surface area contributed by atoms with Gasteiger partial charge in [-0.25, -0.2) is 0 Å². The Bertz CT molecular complexity index is 419. The van der Waals surface area contributed by atoms with Crippen LogP contribution in [0.5, 0.6) is 0 Å². The highest BCUT2D eigenvalue weighted by Gasteiger charge is 2.19. The van der Waals surface area contributed by atoms with E-state index in [1.807, 2.05) is 7.05 Å². The first-order chi connectivity index (χ1) is 9.15. The van der Waals surface area contributed by atoms with Gasteiger partial charge >= 0.3 is 0 Å². The second-order valence-electron chi connectivity index (χ2n) is 5.58. The summed E-state index contributed by atoms with van der Waals surface area (Å²) in [5, 5.41) is 3.29. The molecule has 1 aliphatic rings. The van der Waals surface area contributed by atoms with Crippen molar-refractivity contribution in [3.8, 4) is 0 Å².